The number of nitrogens with zero attached hydrogens (tertiary/aromatic N) is 1. The molecule has 1 aromatic heterocycles. The van der Waals surface area contributed by atoms with Gasteiger partial charge in [-0.3, -0.25) is 0 Å². The second kappa shape index (κ2) is 11.4. The maximum Gasteiger partial charge on any atom is 0.335 e. The SMILES string of the molecule is CC(Cc1ccc(OCc2c(-c3c(Cl)cccc3Cl)noc2C(C)(C)O)cc1Cl)c1ccc(C(=O)O)cc1. The maximum atomic E-state index is 11.1. The zero-order valence-electron chi connectivity index (χ0n) is 21.0. The number of aromatic carboxylic acids is 1. The summed E-state index contributed by atoms with van der Waals surface area (Å²) >= 11 is 19.4. The molecule has 0 aliphatic carbocycles. The van der Waals surface area contributed by atoms with E-state index >= 15 is 0 Å². The zero-order valence-corrected chi connectivity index (χ0v) is 23.2. The second-order valence-electron chi connectivity index (χ2n) is 9.57. The molecule has 6 nitrogen and oxygen atoms in total. The Hall–Kier alpha value is -3.03. The minimum absolute atomic E-state index is 0.0295. The van der Waals surface area contributed by atoms with Gasteiger partial charge in [0.05, 0.1) is 21.2 Å². The summed E-state index contributed by atoms with van der Waals surface area (Å²) < 4.78 is 11.6. The molecule has 4 rings (SSSR count). The van der Waals surface area contributed by atoms with Crippen molar-refractivity contribution in [3.8, 4) is 17.0 Å². The van der Waals surface area contributed by atoms with Crippen molar-refractivity contribution >= 4 is 40.8 Å². The minimum atomic E-state index is -1.32. The molecule has 3 aromatic carbocycles. The Morgan fingerprint density at radius 1 is 1.03 bits per heavy atom. The van der Waals surface area contributed by atoms with Crippen LogP contribution in [0, 0.1) is 0 Å². The Balaban J connectivity index is 1.54. The lowest BCUT2D eigenvalue weighted by Gasteiger charge is -2.17. The van der Waals surface area contributed by atoms with Crippen molar-refractivity contribution in [3.05, 3.63) is 104 Å². The molecule has 0 saturated heterocycles. The van der Waals surface area contributed by atoms with E-state index in [-0.39, 0.29) is 23.8 Å². The van der Waals surface area contributed by atoms with Gasteiger partial charge in [-0.2, -0.15) is 0 Å². The molecule has 198 valence electrons. The number of ether oxygens (including phenoxy) is 1. The first kappa shape index (κ1) is 28.0. The van der Waals surface area contributed by atoms with E-state index in [1.54, 1.807) is 50.2 Å². The van der Waals surface area contributed by atoms with Crippen molar-refractivity contribution in [1.82, 2.24) is 5.16 Å². The number of aromatic nitrogens is 1. The molecule has 0 fully saturated rings. The largest absolute Gasteiger partial charge is 0.489 e. The van der Waals surface area contributed by atoms with Crippen LogP contribution in [0.15, 0.2) is 65.2 Å². The second-order valence-corrected chi connectivity index (χ2v) is 10.8. The molecule has 0 radical (unpaired) electrons. The number of hydrogen-bond donors (Lipinski definition) is 2. The van der Waals surface area contributed by atoms with Crippen molar-refractivity contribution in [2.75, 3.05) is 0 Å². The molecule has 0 aliphatic heterocycles. The van der Waals surface area contributed by atoms with Crippen LogP contribution in [0.2, 0.25) is 15.1 Å². The Morgan fingerprint density at radius 3 is 2.26 bits per heavy atom. The van der Waals surface area contributed by atoms with Crippen molar-refractivity contribution in [2.45, 2.75) is 45.3 Å². The standard InChI is InChI=1S/C29H26Cl3NO5/c1-16(17-7-9-18(10-8-17)28(34)35)13-19-11-12-20(14-24(19)32)37-15-21-26(33-38-27(21)29(2,3)36)25-22(30)5-4-6-23(25)31/h4-12,14,16,36H,13,15H2,1-3H3,(H,34,35). The highest BCUT2D eigenvalue weighted by molar-refractivity contribution is 6.39. The third kappa shape index (κ3) is 6.16. The topological polar surface area (TPSA) is 92.8 Å². The summed E-state index contributed by atoms with van der Waals surface area (Å²) in [5.41, 5.74) is 2.28. The lowest BCUT2D eigenvalue weighted by atomic mass is 9.93. The summed E-state index contributed by atoms with van der Waals surface area (Å²) in [6.45, 7) is 5.28. The Morgan fingerprint density at radius 2 is 1.68 bits per heavy atom. The summed E-state index contributed by atoms with van der Waals surface area (Å²) in [4.78, 5) is 11.1. The summed E-state index contributed by atoms with van der Waals surface area (Å²) in [7, 11) is 0. The lowest BCUT2D eigenvalue weighted by Crippen LogP contribution is -2.17. The highest BCUT2D eigenvalue weighted by Crippen LogP contribution is 2.40. The van der Waals surface area contributed by atoms with Gasteiger partial charge in [0.1, 0.15) is 23.7 Å². The number of carbonyl (C=O) groups is 1. The average Bonchev–Trinajstić information content (AvgIpc) is 3.28. The molecule has 0 bridgehead atoms. The van der Waals surface area contributed by atoms with E-state index < -0.39 is 11.6 Å². The highest BCUT2D eigenvalue weighted by Gasteiger charge is 2.31. The lowest BCUT2D eigenvalue weighted by molar-refractivity contribution is 0.0452. The molecule has 0 saturated carbocycles. The summed E-state index contributed by atoms with van der Waals surface area (Å²) in [5, 5.41) is 25.3. The summed E-state index contributed by atoms with van der Waals surface area (Å²) in [6.07, 6.45) is 0.662. The molecule has 0 spiro atoms. The van der Waals surface area contributed by atoms with E-state index in [0.29, 0.717) is 44.1 Å². The van der Waals surface area contributed by atoms with Gasteiger partial charge in [0.25, 0.3) is 0 Å². The van der Waals surface area contributed by atoms with Crippen LogP contribution < -0.4 is 4.74 Å². The quantitative estimate of drug-likeness (QED) is 0.209. The highest BCUT2D eigenvalue weighted by atomic mass is 35.5. The Bertz CT molecular complexity index is 1440. The van der Waals surface area contributed by atoms with E-state index in [4.69, 9.17) is 49.2 Å². The van der Waals surface area contributed by atoms with Gasteiger partial charge in [0, 0.05) is 10.6 Å². The molecular weight excluding hydrogens is 549 g/mol. The molecule has 9 heteroatoms. The number of rotatable bonds is 9. The van der Waals surface area contributed by atoms with Crippen molar-refractivity contribution < 1.29 is 24.3 Å². The Kier molecular flexibility index (Phi) is 8.38. The van der Waals surface area contributed by atoms with Crippen molar-refractivity contribution in [1.29, 1.82) is 0 Å². The molecule has 1 heterocycles. The van der Waals surface area contributed by atoms with E-state index in [1.165, 1.54) is 0 Å². The van der Waals surface area contributed by atoms with E-state index in [1.807, 2.05) is 24.3 Å². The third-order valence-electron chi connectivity index (χ3n) is 6.20. The van der Waals surface area contributed by atoms with Gasteiger partial charge in [0.15, 0.2) is 5.76 Å². The number of benzene rings is 3. The molecule has 2 N–H and O–H groups in total. The van der Waals surface area contributed by atoms with Crippen molar-refractivity contribution in [2.24, 2.45) is 0 Å². The first-order chi connectivity index (χ1) is 18.0. The monoisotopic (exact) mass is 573 g/mol. The molecule has 1 unspecified atom stereocenters. The number of aliphatic hydroxyl groups is 1. The number of carboxylic acids is 1. The number of carboxylic acid groups (broad SMARTS) is 1. The van der Waals surface area contributed by atoms with Gasteiger partial charge >= 0.3 is 5.97 Å². The van der Waals surface area contributed by atoms with Gasteiger partial charge in [-0.05, 0) is 73.7 Å². The fourth-order valence-electron chi connectivity index (χ4n) is 4.19. The predicted octanol–water partition coefficient (Wildman–Crippen LogP) is 8.15. The van der Waals surface area contributed by atoms with Crippen LogP contribution in [-0.4, -0.2) is 21.3 Å². The van der Waals surface area contributed by atoms with Gasteiger partial charge in [0.2, 0.25) is 0 Å². The fourth-order valence-corrected chi connectivity index (χ4v) is 5.01. The van der Waals surface area contributed by atoms with Crippen molar-refractivity contribution in [3.63, 3.8) is 0 Å². The number of hydrogen-bond acceptors (Lipinski definition) is 5. The van der Waals surface area contributed by atoms with Crippen LogP contribution in [0.25, 0.3) is 11.3 Å². The third-order valence-corrected chi connectivity index (χ3v) is 7.19. The predicted molar refractivity (Wildman–Crippen MR) is 149 cm³/mol. The maximum absolute atomic E-state index is 11.1. The molecule has 0 amide bonds. The minimum Gasteiger partial charge on any atom is -0.489 e. The Labute approximate surface area is 235 Å². The van der Waals surface area contributed by atoms with E-state index in [9.17, 15) is 9.90 Å². The van der Waals surface area contributed by atoms with Gasteiger partial charge < -0.3 is 19.5 Å². The van der Waals surface area contributed by atoms with Crippen LogP contribution >= 0.6 is 34.8 Å². The normalized spacial score (nSPS) is 12.4. The van der Waals surface area contributed by atoms with Crippen LogP contribution in [0.5, 0.6) is 5.75 Å². The first-order valence-corrected chi connectivity index (χ1v) is 13.0. The van der Waals surface area contributed by atoms with Gasteiger partial charge in [-0.15, -0.1) is 0 Å². The summed E-state index contributed by atoms with van der Waals surface area (Å²) in [5.74, 6) is -0.0626. The van der Waals surface area contributed by atoms with E-state index in [2.05, 4.69) is 12.1 Å². The molecule has 1 atom stereocenters. The average molecular weight is 575 g/mol. The molecule has 38 heavy (non-hydrogen) atoms. The van der Waals surface area contributed by atoms with Gasteiger partial charge in [-0.25, -0.2) is 4.79 Å². The fraction of sp³-hybridized carbons (Fsp3) is 0.241. The summed E-state index contributed by atoms with van der Waals surface area (Å²) in [6, 6.07) is 17.4. The van der Waals surface area contributed by atoms with Gasteiger partial charge in [-0.1, -0.05) is 71.1 Å². The zero-order chi connectivity index (χ0) is 27.6. The van der Waals surface area contributed by atoms with Crippen LogP contribution in [0.1, 0.15) is 59.5 Å². The number of halogens is 3. The smallest absolute Gasteiger partial charge is 0.335 e. The van der Waals surface area contributed by atoms with Crippen LogP contribution in [-0.2, 0) is 18.6 Å². The first-order valence-electron chi connectivity index (χ1n) is 11.9. The van der Waals surface area contributed by atoms with Crippen LogP contribution in [0.4, 0.5) is 0 Å². The van der Waals surface area contributed by atoms with Crippen LogP contribution in [0.3, 0.4) is 0 Å². The van der Waals surface area contributed by atoms with E-state index in [0.717, 1.165) is 11.1 Å². The molecule has 0 aliphatic rings. The molecule has 4 aromatic rings. The molecular formula is C29H26Cl3NO5.